The van der Waals surface area contributed by atoms with Crippen LogP contribution in [-0.2, 0) is 4.74 Å². The molecule has 1 N–H and O–H groups in total. The van der Waals surface area contributed by atoms with Crippen molar-refractivity contribution < 1.29 is 4.74 Å². The predicted octanol–water partition coefficient (Wildman–Crippen LogP) is 2.33. The molecule has 2 unspecified atom stereocenters. The van der Waals surface area contributed by atoms with Crippen molar-refractivity contribution >= 4 is 0 Å². The number of hydrogen-bond acceptors (Lipinski definition) is 2. The number of unbranched alkanes of at least 4 members (excludes halogenated alkanes) is 2. The first-order chi connectivity index (χ1) is 6.36. The van der Waals surface area contributed by atoms with Crippen molar-refractivity contribution in [2.24, 2.45) is 0 Å². The zero-order chi connectivity index (χ0) is 9.52. The third-order valence-corrected chi connectivity index (χ3v) is 2.93. The van der Waals surface area contributed by atoms with Crippen LogP contribution >= 0.6 is 0 Å². The van der Waals surface area contributed by atoms with Gasteiger partial charge in [0.25, 0.3) is 0 Å². The lowest BCUT2D eigenvalue weighted by atomic mass is 10.2. The second kappa shape index (κ2) is 6.39. The average Bonchev–Trinajstić information content (AvgIpc) is 2.60. The fraction of sp³-hybridized carbons (Fsp3) is 1.00. The van der Waals surface area contributed by atoms with E-state index < -0.39 is 0 Å². The maximum Gasteiger partial charge on any atom is 0.0586 e. The number of hydrogen-bond donors (Lipinski definition) is 1. The minimum Gasteiger partial charge on any atom is -0.381 e. The van der Waals surface area contributed by atoms with Crippen molar-refractivity contribution in [1.29, 1.82) is 0 Å². The van der Waals surface area contributed by atoms with E-state index in [0.29, 0.717) is 6.10 Å². The smallest absolute Gasteiger partial charge is 0.0586 e. The Balaban J connectivity index is 1.97. The van der Waals surface area contributed by atoms with Crippen LogP contribution in [0.4, 0.5) is 0 Å². The molecule has 0 spiro atoms. The van der Waals surface area contributed by atoms with Crippen LogP contribution in [-0.4, -0.2) is 25.8 Å². The summed E-state index contributed by atoms with van der Waals surface area (Å²) >= 11 is 0. The van der Waals surface area contributed by atoms with Crippen LogP contribution in [0.3, 0.4) is 0 Å². The first-order valence-corrected chi connectivity index (χ1v) is 5.63. The Labute approximate surface area is 82.0 Å². The van der Waals surface area contributed by atoms with Crippen molar-refractivity contribution in [2.75, 3.05) is 13.7 Å². The molecule has 0 radical (unpaired) electrons. The van der Waals surface area contributed by atoms with Gasteiger partial charge in [0.2, 0.25) is 0 Å². The fourth-order valence-corrected chi connectivity index (χ4v) is 2.02. The van der Waals surface area contributed by atoms with E-state index in [-0.39, 0.29) is 0 Å². The molecule has 78 valence electrons. The van der Waals surface area contributed by atoms with Crippen LogP contribution in [0.1, 0.15) is 45.4 Å². The third-order valence-electron chi connectivity index (χ3n) is 2.93. The van der Waals surface area contributed by atoms with Gasteiger partial charge >= 0.3 is 0 Å². The van der Waals surface area contributed by atoms with E-state index >= 15 is 0 Å². The molecule has 0 bridgehead atoms. The number of ether oxygens (including phenoxy) is 1. The zero-order valence-electron chi connectivity index (χ0n) is 9.01. The average molecular weight is 185 g/mol. The second-order valence-electron chi connectivity index (χ2n) is 4.03. The van der Waals surface area contributed by atoms with Gasteiger partial charge in [-0.3, -0.25) is 0 Å². The standard InChI is InChI=1S/C11H23NO/c1-3-4-5-8-12-10-6-7-11(9-10)13-2/h10-12H,3-9H2,1-2H3. The van der Waals surface area contributed by atoms with Gasteiger partial charge in [-0.05, 0) is 32.2 Å². The lowest BCUT2D eigenvalue weighted by Crippen LogP contribution is -2.28. The predicted molar refractivity (Wildman–Crippen MR) is 56.0 cm³/mol. The van der Waals surface area contributed by atoms with Gasteiger partial charge in [-0.1, -0.05) is 19.8 Å². The summed E-state index contributed by atoms with van der Waals surface area (Å²) in [7, 11) is 1.82. The van der Waals surface area contributed by atoms with Gasteiger partial charge in [-0.15, -0.1) is 0 Å². The van der Waals surface area contributed by atoms with E-state index in [1.165, 1.54) is 45.1 Å². The van der Waals surface area contributed by atoms with Crippen LogP contribution < -0.4 is 5.32 Å². The molecule has 1 rings (SSSR count). The second-order valence-corrected chi connectivity index (χ2v) is 4.03. The molecular formula is C11H23NO. The van der Waals surface area contributed by atoms with E-state index in [1.54, 1.807) is 0 Å². The summed E-state index contributed by atoms with van der Waals surface area (Å²) in [5, 5.41) is 3.60. The molecular weight excluding hydrogens is 162 g/mol. The van der Waals surface area contributed by atoms with Crippen LogP contribution in [0.25, 0.3) is 0 Å². The number of methoxy groups -OCH3 is 1. The Morgan fingerprint density at radius 3 is 2.77 bits per heavy atom. The van der Waals surface area contributed by atoms with Gasteiger partial charge in [0.05, 0.1) is 6.10 Å². The first kappa shape index (κ1) is 11.0. The molecule has 0 saturated heterocycles. The van der Waals surface area contributed by atoms with Crippen molar-refractivity contribution in [2.45, 2.75) is 57.6 Å². The summed E-state index contributed by atoms with van der Waals surface area (Å²) in [6.07, 6.45) is 8.25. The van der Waals surface area contributed by atoms with Gasteiger partial charge in [0, 0.05) is 13.2 Å². The van der Waals surface area contributed by atoms with E-state index in [0.717, 1.165) is 6.04 Å². The Morgan fingerprint density at radius 1 is 1.31 bits per heavy atom. The summed E-state index contributed by atoms with van der Waals surface area (Å²) in [5.74, 6) is 0. The molecule has 0 amide bonds. The van der Waals surface area contributed by atoms with Crippen molar-refractivity contribution in [3.8, 4) is 0 Å². The van der Waals surface area contributed by atoms with Crippen molar-refractivity contribution in [3.63, 3.8) is 0 Å². The highest BCUT2D eigenvalue weighted by Crippen LogP contribution is 2.21. The summed E-state index contributed by atoms with van der Waals surface area (Å²) in [5.41, 5.74) is 0. The van der Waals surface area contributed by atoms with Gasteiger partial charge in [0.15, 0.2) is 0 Å². The Kier molecular flexibility index (Phi) is 5.40. The highest BCUT2D eigenvalue weighted by molar-refractivity contribution is 4.80. The lowest BCUT2D eigenvalue weighted by Gasteiger charge is -2.12. The maximum absolute atomic E-state index is 5.33. The SMILES string of the molecule is CCCCCNC1CCC(OC)C1. The quantitative estimate of drug-likeness (QED) is 0.641. The van der Waals surface area contributed by atoms with E-state index in [1.807, 2.05) is 7.11 Å². The number of nitrogens with one attached hydrogen (secondary N) is 1. The molecule has 0 aromatic rings. The van der Waals surface area contributed by atoms with Crippen LogP contribution in [0.15, 0.2) is 0 Å². The lowest BCUT2D eigenvalue weighted by molar-refractivity contribution is 0.107. The maximum atomic E-state index is 5.33. The van der Waals surface area contributed by atoms with E-state index in [4.69, 9.17) is 4.74 Å². The minimum absolute atomic E-state index is 0.517. The zero-order valence-corrected chi connectivity index (χ0v) is 9.01. The van der Waals surface area contributed by atoms with Crippen LogP contribution in [0, 0.1) is 0 Å². The van der Waals surface area contributed by atoms with Crippen molar-refractivity contribution in [1.82, 2.24) is 5.32 Å². The molecule has 0 aliphatic heterocycles. The Hall–Kier alpha value is -0.0800. The molecule has 0 aromatic heterocycles. The summed E-state index contributed by atoms with van der Waals surface area (Å²) < 4.78 is 5.33. The normalized spacial score (nSPS) is 28.2. The first-order valence-electron chi connectivity index (χ1n) is 5.63. The monoisotopic (exact) mass is 185 g/mol. The largest absolute Gasteiger partial charge is 0.381 e. The summed E-state index contributed by atoms with van der Waals surface area (Å²) in [6, 6.07) is 0.724. The Bertz CT molecular complexity index is 127. The van der Waals surface area contributed by atoms with Crippen LogP contribution in [0.2, 0.25) is 0 Å². The van der Waals surface area contributed by atoms with Crippen LogP contribution in [0.5, 0.6) is 0 Å². The Morgan fingerprint density at radius 2 is 2.15 bits per heavy atom. The van der Waals surface area contributed by atoms with Gasteiger partial charge < -0.3 is 10.1 Å². The molecule has 1 fully saturated rings. The molecule has 2 nitrogen and oxygen atoms in total. The van der Waals surface area contributed by atoms with Gasteiger partial charge in [-0.2, -0.15) is 0 Å². The third kappa shape index (κ3) is 4.10. The molecule has 2 heteroatoms. The minimum atomic E-state index is 0.517. The topological polar surface area (TPSA) is 21.3 Å². The summed E-state index contributed by atoms with van der Waals surface area (Å²) in [4.78, 5) is 0. The van der Waals surface area contributed by atoms with E-state index in [2.05, 4.69) is 12.2 Å². The summed E-state index contributed by atoms with van der Waals surface area (Å²) in [6.45, 7) is 3.44. The molecule has 13 heavy (non-hydrogen) atoms. The highest BCUT2D eigenvalue weighted by atomic mass is 16.5. The molecule has 2 atom stereocenters. The van der Waals surface area contributed by atoms with Gasteiger partial charge in [-0.25, -0.2) is 0 Å². The molecule has 1 saturated carbocycles. The van der Waals surface area contributed by atoms with Gasteiger partial charge in [0.1, 0.15) is 0 Å². The molecule has 1 aliphatic rings. The highest BCUT2D eigenvalue weighted by Gasteiger charge is 2.23. The molecule has 0 heterocycles. The number of rotatable bonds is 6. The van der Waals surface area contributed by atoms with Crippen molar-refractivity contribution in [3.05, 3.63) is 0 Å². The molecule has 1 aliphatic carbocycles. The fourth-order valence-electron chi connectivity index (χ4n) is 2.02. The van der Waals surface area contributed by atoms with E-state index in [9.17, 15) is 0 Å². The molecule has 0 aromatic carbocycles.